The molecule has 4 aromatic rings. The van der Waals surface area contributed by atoms with E-state index in [0.717, 1.165) is 39.4 Å². The highest BCUT2D eigenvalue weighted by atomic mass is 16.7. The van der Waals surface area contributed by atoms with Gasteiger partial charge in [0.05, 0.1) is 6.10 Å². The van der Waals surface area contributed by atoms with Crippen molar-refractivity contribution in [3.8, 4) is 0 Å². The van der Waals surface area contributed by atoms with Crippen molar-refractivity contribution >= 4 is 33.7 Å². The smallest absolute Gasteiger partial charge is 0.308 e. The Morgan fingerprint density at radius 2 is 1.37 bits per heavy atom. The highest BCUT2D eigenvalue weighted by Crippen LogP contribution is 2.25. The number of nitrogens with one attached hydrogen (secondary N) is 2. The Morgan fingerprint density at radius 1 is 0.829 bits per heavy atom. The molecule has 7 heteroatoms. The predicted molar refractivity (Wildman–Crippen MR) is 133 cm³/mol. The molecule has 0 radical (unpaired) electrons. The van der Waals surface area contributed by atoms with Gasteiger partial charge in [-0.1, -0.05) is 36.4 Å². The monoisotopic (exact) mass is 474 g/mol. The molecule has 1 aliphatic rings. The molecule has 0 bridgehead atoms. The molecule has 2 aromatic heterocycles. The summed E-state index contributed by atoms with van der Waals surface area (Å²) >= 11 is 0. The maximum absolute atomic E-state index is 12.6. The van der Waals surface area contributed by atoms with Crippen LogP contribution >= 0.6 is 0 Å². The lowest BCUT2D eigenvalue weighted by Gasteiger charge is -2.34. The Hall–Kier alpha value is -3.58. The molecule has 0 saturated carbocycles. The normalized spacial score (nSPS) is 20.2. The van der Waals surface area contributed by atoms with E-state index >= 15 is 0 Å². The molecule has 182 valence electrons. The van der Waals surface area contributed by atoms with E-state index in [1.807, 2.05) is 67.8 Å². The van der Waals surface area contributed by atoms with E-state index in [4.69, 9.17) is 14.2 Å². The highest BCUT2D eigenvalue weighted by Gasteiger charge is 2.35. The minimum atomic E-state index is -0.883. The van der Waals surface area contributed by atoms with Gasteiger partial charge in [-0.3, -0.25) is 9.59 Å². The van der Waals surface area contributed by atoms with Crippen molar-refractivity contribution in [2.75, 3.05) is 0 Å². The fourth-order valence-corrected chi connectivity index (χ4v) is 4.70. The van der Waals surface area contributed by atoms with E-state index in [2.05, 4.69) is 9.97 Å². The van der Waals surface area contributed by atoms with Crippen LogP contribution in [0.5, 0.6) is 0 Å². The number of hydrogen-bond acceptors (Lipinski definition) is 5. The van der Waals surface area contributed by atoms with Gasteiger partial charge >= 0.3 is 11.9 Å². The van der Waals surface area contributed by atoms with Crippen molar-refractivity contribution < 1.29 is 23.8 Å². The molecular weight excluding hydrogens is 444 g/mol. The molecule has 0 amide bonds. The van der Waals surface area contributed by atoms with Crippen LogP contribution in [0.25, 0.3) is 21.8 Å². The molecule has 7 nitrogen and oxygen atoms in total. The van der Waals surface area contributed by atoms with Gasteiger partial charge in [0, 0.05) is 47.0 Å². The molecule has 1 aliphatic heterocycles. The number of aromatic nitrogens is 2. The number of aryl methyl sites for hydroxylation is 2. The van der Waals surface area contributed by atoms with Crippen molar-refractivity contribution in [2.45, 2.75) is 63.9 Å². The summed E-state index contributed by atoms with van der Waals surface area (Å²) in [7, 11) is 0. The van der Waals surface area contributed by atoms with Crippen molar-refractivity contribution in [3.05, 3.63) is 72.1 Å². The zero-order valence-electron chi connectivity index (χ0n) is 19.8. The topological polar surface area (TPSA) is 93.4 Å². The molecule has 0 aliphatic carbocycles. The second-order valence-electron chi connectivity index (χ2n) is 9.13. The van der Waals surface area contributed by atoms with Crippen LogP contribution in [0.1, 0.15) is 43.7 Å². The molecule has 0 unspecified atom stereocenters. The van der Waals surface area contributed by atoms with E-state index < -0.39 is 12.4 Å². The Bertz CT molecular complexity index is 1320. The molecule has 5 rings (SSSR count). The van der Waals surface area contributed by atoms with Crippen LogP contribution in [0.3, 0.4) is 0 Å². The summed E-state index contributed by atoms with van der Waals surface area (Å²) in [5.41, 5.74) is 4.23. The van der Waals surface area contributed by atoms with Crippen LogP contribution in [0.4, 0.5) is 0 Å². The second-order valence-corrected chi connectivity index (χ2v) is 9.13. The number of ether oxygens (including phenoxy) is 3. The molecule has 2 aromatic carbocycles. The number of carbonyl (C=O) groups is 2. The minimum absolute atomic E-state index is 0.0670. The average Bonchev–Trinajstić information content (AvgIpc) is 3.47. The minimum Gasteiger partial charge on any atom is -0.456 e. The van der Waals surface area contributed by atoms with Crippen LogP contribution in [0, 0.1) is 0 Å². The SMILES string of the molecule is C[C@H]1CC[C@H](OC(=O)CCc2c[nH]c3ccccc23)[C@H](OC(=O)CCc2c[nH]c3ccccc23)O1. The molecule has 3 heterocycles. The molecular formula is C28H30N2O5. The molecule has 0 spiro atoms. The second kappa shape index (κ2) is 10.4. The van der Waals surface area contributed by atoms with Crippen molar-refractivity contribution in [3.63, 3.8) is 0 Å². The lowest BCUT2D eigenvalue weighted by atomic mass is 10.1. The third kappa shape index (κ3) is 5.41. The number of carbonyl (C=O) groups excluding carboxylic acids is 2. The Labute approximate surface area is 203 Å². The van der Waals surface area contributed by atoms with E-state index in [-0.39, 0.29) is 30.9 Å². The number of fused-ring (bicyclic) bond motifs is 2. The van der Waals surface area contributed by atoms with Crippen LogP contribution < -0.4 is 0 Å². The van der Waals surface area contributed by atoms with Gasteiger partial charge in [-0.05, 0) is 55.9 Å². The number of esters is 2. The quantitative estimate of drug-likeness (QED) is 0.343. The van der Waals surface area contributed by atoms with Gasteiger partial charge < -0.3 is 24.2 Å². The van der Waals surface area contributed by atoms with Crippen molar-refractivity contribution in [2.24, 2.45) is 0 Å². The Morgan fingerprint density at radius 3 is 1.97 bits per heavy atom. The molecule has 1 fully saturated rings. The summed E-state index contributed by atoms with van der Waals surface area (Å²) in [4.78, 5) is 31.7. The molecule has 35 heavy (non-hydrogen) atoms. The van der Waals surface area contributed by atoms with Gasteiger partial charge in [-0.15, -0.1) is 0 Å². The fourth-order valence-electron chi connectivity index (χ4n) is 4.70. The van der Waals surface area contributed by atoms with E-state index in [1.165, 1.54) is 0 Å². The molecule has 2 N–H and O–H groups in total. The Balaban J connectivity index is 1.15. The summed E-state index contributed by atoms with van der Waals surface area (Å²) in [6.07, 6.45) is 5.24. The summed E-state index contributed by atoms with van der Waals surface area (Å²) in [6.45, 7) is 1.93. The highest BCUT2D eigenvalue weighted by molar-refractivity contribution is 5.84. The van der Waals surface area contributed by atoms with Gasteiger partial charge in [-0.25, -0.2) is 0 Å². The summed E-state index contributed by atoms with van der Waals surface area (Å²) in [5.74, 6) is -0.688. The maximum Gasteiger partial charge on any atom is 0.308 e. The van der Waals surface area contributed by atoms with E-state index in [9.17, 15) is 9.59 Å². The first-order chi connectivity index (χ1) is 17.1. The van der Waals surface area contributed by atoms with Crippen LogP contribution in [-0.2, 0) is 36.6 Å². The largest absolute Gasteiger partial charge is 0.456 e. The molecule has 1 saturated heterocycles. The predicted octanol–water partition coefficient (Wildman–Crippen LogP) is 5.19. The number of benzene rings is 2. The number of hydrogen-bond donors (Lipinski definition) is 2. The van der Waals surface area contributed by atoms with Gasteiger partial charge in [0.15, 0.2) is 6.10 Å². The number of rotatable bonds is 8. The summed E-state index contributed by atoms with van der Waals surface area (Å²) in [6, 6.07) is 16.0. The Kier molecular flexibility index (Phi) is 6.86. The lowest BCUT2D eigenvalue weighted by Crippen LogP contribution is -2.43. The van der Waals surface area contributed by atoms with E-state index in [1.54, 1.807) is 0 Å². The first kappa shape index (κ1) is 23.2. The standard InChI is InChI=1S/C28H30N2O5/c1-18-10-13-25(34-26(31)14-11-19-16-29-23-8-4-2-6-21(19)23)28(33-18)35-27(32)15-12-20-17-30-24-9-5-3-7-22(20)24/h2-9,16-18,25,28-30H,10-15H2,1H3/t18-,25-,28-/m0/s1. The van der Waals surface area contributed by atoms with Gasteiger partial charge in [-0.2, -0.15) is 0 Å². The first-order valence-electron chi connectivity index (χ1n) is 12.2. The number of para-hydroxylation sites is 2. The maximum atomic E-state index is 12.6. The zero-order chi connectivity index (χ0) is 24.2. The van der Waals surface area contributed by atoms with Crippen molar-refractivity contribution in [1.29, 1.82) is 0 Å². The summed E-state index contributed by atoms with van der Waals surface area (Å²) in [5, 5.41) is 2.21. The lowest BCUT2D eigenvalue weighted by molar-refractivity contribution is -0.240. The average molecular weight is 475 g/mol. The summed E-state index contributed by atoms with van der Waals surface area (Å²) < 4.78 is 17.2. The third-order valence-electron chi connectivity index (χ3n) is 6.60. The number of H-pyrrole nitrogens is 2. The van der Waals surface area contributed by atoms with Gasteiger partial charge in [0.2, 0.25) is 6.29 Å². The zero-order valence-corrected chi connectivity index (χ0v) is 19.8. The first-order valence-corrected chi connectivity index (χ1v) is 12.2. The number of aromatic amines is 2. The third-order valence-corrected chi connectivity index (χ3v) is 6.60. The van der Waals surface area contributed by atoms with Crippen LogP contribution in [-0.4, -0.2) is 40.4 Å². The van der Waals surface area contributed by atoms with E-state index in [0.29, 0.717) is 19.3 Å². The van der Waals surface area contributed by atoms with Crippen LogP contribution in [0.15, 0.2) is 60.9 Å². The molecule has 3 atom stereocenters. The van der Waals surface area contributed by atoms with Crippen molar-refractivity contribution in [1.82, 2.24) is 9.97 Å². The van der Waals surface area contributed by atoms with Gasteiger partial charge in [0.25, 0.3) is 0 Å². The van der Waals surface area contributed by atoms with Crippen LogP contribution in [0.2, 0.25) is 0 Å². The fraction of sp³-hybridized carbons (Fsp3) is 0.357. The van der Waals surface area contributed by atoms with Gasteiger partial charge in [0.1, 0.15) is 0 Å².